The number of nitrogens with one attached hydrogen (secondary N) is 1. The third-order valence-corrected chi connectivity index (χ3v) is 3.70. The molecule has 1 aromatic carbocycles. The van der Waals surface area contributed by atoms with Crippen molar-refractivity contribution in [2.45, 2.75) is 25.2 Å². The number of fused-ring (bicyclic) bond motifs is 1. The maximum atomic E-state index is 11.2. The van der Waals surface area contributed by atoms with Gasteiger partial charge in [-0.25, -0.2) is 0 Å². The van der Waals surface area contributed by atoms with Crippen molar-refractivity contribution in [2.24, 2.45) is 5.41 Å². The zero-order chi connectivity index (χ0) is 12.0. The van der Waals surface area contributed by atoms with E-state index >= 15 is 0 Å². The second kappa shape index (κ2) is 3.46. The lowest BCUT2D eigenvalue weighted by Gasteiger charge is -2.33. The monoisotopic (exact) mass is 241 g/mol. The Kier molecular flexibility index (Phi) is 2.47. The summed E-state index contributed by atoms with van der Waals surface area (Å²) >= 11 is 0. The number of benzene rings is 1. The van der Waals surface area contributed by atoms with E-state index in [1.807, 2.05) is 6.07 Å². The fourth-order valence-electron chi connectivity index (χ4n) is 2.05. The number of anilines is 1. The van der Waals surface area contributed by atoms with E-state index in [9.17, 15) is 8.42 Å². The van der Waals surface area contributed by atoms with E-state index < -0.39 is 10.1 Å². The molecule has 0 atom stereocenters. The van der Waals surface area contributed by atoms with Crippen LogP contribution in [0.4, 0.5) is 5.69 Å². The number of rotatable bonds is 1. The highest BCUT2D eigenvalue weighted by Crippen LogP contribution is 2.35. The van der Waals surface area contributed by atoms with Crippen molar-refractivity contribution in [3.63, 3.8) is 0 Å². The van der Waals surface area contributed by atoms with Gasteiger partial charge in [0.05, 0.1) is 5.69 Å². The van der Waals surface area contributed by atoms with Crippen LogP contribution in [0.3, 0.4) is 0 Å². The largest absolute Gasteiger partial charge is 0.383 e. The molecule has 0 spiro atoms. The minimum Gasteiger partial charge on any atom is -0.383 e. The molecule has 0 saturated carbocycles. The van der Waals surface area contributed by atoms with Gasteiger partial charge in [-0.2, -0.15) is 8.42 Å². The zero-order valence-corrected chi connectivity index (χ0v) is 10.1. The lowest BCUT2D eigenvalue weighted by atomic mass is 9.82. The Balaban J connectivity index is 2.56. The van der Waals surface area contributed by atoms with Crippen LogP contribution in [-0.4, -0.2) is 19.5 Å². The molecule has 0 aliphatic carbocycles. The lowest BCUT2D eigenvalue weighted by Crippen LogP contribution is -2.31. The summed E-state index contributed by atoms with van der Waals surface area (Å²) < 4.78 is 31.5. The average molecular weight is 241 g/mol. The fraction of sp³-hybridized carbons (Fsp3) is 0.455. The third-order valence-electron chi connectivity index (χ3n) is 2.80. The van der Waals surface area contributed by atoms with Crippen LogP contribution in [0.25, 0.3) is 0 Å². The van der Waals surface area contributed by atoms with Crippen molar-refractivity contribution in [1.29, 1.82) is 0 Å². The fourth-order valence-corrected chi connectivity index (χ4v) is 2.76. The molecular formula is C11H15NO3S. The van der Waals surface area contributed by atoms with E-state index in [2.05, 4.69) is 19.2 Å². The lowest BCUT2D eigenvalue weighted by molar-refractivity contribution is 0.377. The molecule has 0 saturated heterocycles. The molecule has 0 radical (unpaired) electrons. The van der Waals surface area contributed by atoms with Gasteiger partial charge in [-0.1, -0.05) is 26.0 Å². The molecule has 1 aliphatic heterocycles. The van der Waals surface area contributed by atoms with E-state index in [1.54, 1.807) is 6.07 Å². The molecule has 2 rings (SSSR count). The summed E-state index contributed by atoms with van der Waals surface area (Å²) in [6.07, 6.45) is 0.804. The minimum atomic E-state index is -4.14. The van der Waals surface area contributed by atoms with E-state index in [-0.39, 0.29) is 10.3 Å². The van der Waals surface area contributed by atoms with Crippen LogP contribution >= 0.6 is 0 Å². The van der Waals surface area contributed by atoms with Crippen LogP contribution in [0.15, 0.2) is 23.1 Å². The zero-order valence-electron chi connectivity index (χ0n) is 9.32. The van der Waals surface area contributed by atoms with Gasteiger partial charge in [0.2, 0.25) is 0 Å². The molecule has 88 valence electrons. The summed E-state index contributed by atoms with van der Waals surface area (Å²) in [6.45, 7) is 4.93. The van der Waals surface area contributed by atoms with Crippen molar-refractivity contribution >= 4 is 15.8 Å². The summed E-state index contributed by atoms with van der Waals surface area (Å²) in [7, 11) is -4.14. The maximum Gasteiger partial charge on any atom is 0.296 e. The standard InChI is InChI=1S/C11H15NO3S/c1-11(2)6-8-4-3-5-9(16(13,14)15)10(8)12-7-11/h3-5,12H,6-7H2,1-2H3,(H,13,14,15). The molecule has 0 unspecified atom stereocenters. The van der Waals surface area contributed by atoms with Gasteiger partial charge in [-0.15, -0.1) is 0 Å². The van der Waals surface area contributed by atoms with Crippen LogP contribution in [0.5, 0.6) is 0 Å². The molecule has 1 aromatic rings. The van der Waals surface area contributed by atoms with Gasteiger partial charge in [0, 0.05) is 6.54 Å². The first kappa shape index (κ1) is 11.4. The molecule has 1 heterocycles. The van der Waals surface area contributed by atoms with E-state index in [0.29, 0.717) is 12.2 Å². The average Bonchev–Trinajstić information content (AvgIpc) is 2.13. The summed E-state index contributed by atoms with van der Waals surface area (Å²) in [5.74, 6) is 0. The van der Waals surface area contributed by atoms with Crippen molar-refractivity contribution in [3.8, 4) is 0 Å². The minimum absolute atomic E-state index is 0.0273. The smallest absolute Gasteiger partial charge is 0.296 e. The Morgan fingerprint density at radius 3 is 2.69 bits per heavy atom. The van der Waals surface area contributed by atoms with E-state index in [1.165, 1.54) is 6.07 Å². The molecule has 2 N–H and O–H groups in total. The second-order valence-corrected chi connectivity index (χ2v) is 6.35. The summed E-state index contributed by atoms with van der Waals surface area (Å²) in [6, 6.07) is 4.96. The predicted molar refractivity (Wildman–Crippen MR) is 62.2 cm³/mol. The van der Waals surface area contributed by atoms with Crippen LogP contribution in [0.2, 0.25) is 0 Å². The van der Waals surface area contributed by atoms with E-state index in [0.717, 1.165) is 12.0 Å². The quantitative estimate of drug-likeness (QED) is 0.737. The molecule has 5 heteroatoms. The van der Waals surface area contributed by atoms with Gasteiger partial charge in [0.15, 0.2) is 0 Å². The van der Waals surface area contributed by atoms with Gasteiger partial charge in [0.25, 0.3) is 10.1 Å². The van der Waals surface area contributed by atoms with Crippen LogP contribution in [-0.2, 0) is 16.5 Å². The van der Waals surface area contributed by atoms with Gasteiger partial charge in [-0.3, -0.25) is 4.55 Å². The summed E-state index contributed by atoms with van der Waals surface area (Å²) in [4.78, 5) is -0.0273. The Morgan fingerprint density at radius 1 is 1.38 bits per heavy atom. The van der Waals surface area contributed by atoms with Crippen LogP contribution < -0.4 is 5.32 Å². The Morgan fingerprint density at radius 2 is 2.06 bits per heavy atom. The number of hydrogen-bond donors (Lipinski definition) is 2. The maximum absolute atomic E-state index is 11.2. The summed E-state index contributed by atoms with van der Waals surface area (Å²) in [5.41, 5.74) is 1.58. The van der Waals surface area contributed by atoms with Gasteiger partial charge in [0.1, 0.15) is 4.90 Å². The first-order chi connectivity index (χ1) is 7.30. The highest BCUT2D eigenvalue weighted by molar-refractivity contribution is 7.86. The van der Waals surface area contributed by atoms with Crippen LogP contribution in [0, 0.1) is 5.41 Å². The number of hydrogen-bond acceptors (Lipinski definition) is 3. The topological polar surface area (TPSA) is 66.4 Å². The molecular weight excluding hydrogens is 226 g/mol. The Labute approximate surface area is 95.4 Å². The second-order valence-electron chi connectivity index (χ2n) is 4.96. The number of para-hydroxylation sites is 1. The normalized spacial score (nSPS) is 18.7. The summed E-state index contributed by atoms with van der Waals surface area (Å²) in [5, 5.41) is 3.09. The third kappa shape index (κ3) is 2.05. The van der Waals surface area contributed by atoms with Crippen molar-refractivity contribution < 1.29 is 13.0 Å². The molecule has 0 aromatic heterocycles. The van der Waals surface area contributed by atoms with Crippen LogP contribution in [0.1, 0.15) is 19.4 Å². The molecule has 0 fully saturated rings. The first-order valence-corrected chi connectivity index (χ1v) is 6.57. The highest BCUT2D eigenvalue weighted by atomic mass is 32.2. The van der Waals surface area contributed by atoms with Crippen molar-refractivity contribution in [2.75, 3.05) is 11.9 Å². The van der Waals surface area contributed by atoms with Gasteiger partial charge in [-0.05, 0) is 23.5 Å². The SMILES string of the molecule is CC1(C)CNc2c(cccc2S(=O)(=O)O)C1. The van der Waals surface area contributed by atoms with Crippen molar-refractivity contribution in [3.05, 3.63) is 23.8 Å². The molecule has 1 aliphatic rings. The molecule has 4 nitrogen and oxygen atoms in total. The van der Waals surface area contributed by atoms with Crippen molar-refractivity contribution in [1.82, 2.24) is 0 Å². The van der Waals surface area contributed by atoms with E-state index in [4.69, 9.17) is 4.55 Å². The van der Waals surface area contributed by atoms with Gasteiger partial charge >= 0.3 is 0 Å². The predicted octanol–water partition coefficient (Wildman–Crippen LogP) is 1.93. The highest BCUT2D eigenvalue weighted by Gasteiger charge is 2.28. The Bertz CT molecular complexity index is 520. The molecule has 0 amide bonds. The Hall–Kier alpha value is -1.07. The molecule has 0 bridgehead atoms. The van der Waals surface area contributed by atoms with Gasteiger partial charge < -0.3 is 5.32 Å². The first-order valence-electron chi connectivity index (χ1n) is 5.13. The molecule has 16 heavy (non-hydrogen) atoms.